The lowest BCUT2D eigenvalue weighted by atomic mass is 9.99. The Morgan fingerprint density at radius 3 is 2.73 bits per heavy atom. The highest BCUT2D eigenvalue weighted by atomic mass is 35.5. The SMILES string of the molecule is Cc1c(-c2cnc(NCc3ccc(Cl)cc3Cl)[nH]2)ccc2ccccc12. The summed E-state index contributed by atoms with van der Waals surface area (Å²) in [5.74, 6) is 0.707. The van der Waals surface area contributed by atoms with Crippen LogP contribution in [-0.2, 0) is 6.54 Å². The smallest absolute Gasteiger partial charge is 0.200 e. The van der Waals surface area contributed by atoms with Gasteiger partial charge in [-0.1, -0.05) is 65.7 Å². The van der Waals surface area contributed by atoms with Crippen LogP contribution in [-0.4, -0.2) is 9.97 Å². The van der Waals surface area contributed by atoms with E-state index in [0.717, 1.165) is 16.8 Å². The third-order valence-electron chi connectivity index (χ3n) is 4.53. The molecular weight excluding hydrogens is 365 g/mol. The van der Waals surface area contributed by atoms with Crippen molar-refractivity contribution in [2.75, 3.05) is 5.32 Å². The van der Waals surface area contributed by atoms with E-state index in [4.69, 9.17) is 23.2 Å². The van der Waals surface area contributed by atoms with Crippen molar-refractivity contribution in [3.8, 4) is 11.3 Å². The second kappa shape index (κ2) is 7.02. The summed E-state index contributed by atoms with van der Waals surface area (Å²) in [6.07, 6.45) is 1.85. The van der Waals surface area contributed by atoms with Crippen LogP contribution in [0.25, 0.3) is 22.0 Å². The summed E-state index contributed by atoms with van der Waals surface area (Å²) in [4.78, 5) is 7.78. The van der Waals surface area contributed by atoms with E-state index in [0.29, 0.717) is 22.5 Å². The average molecular weight is 382 g/mol. The van der Waals surface area contributed by atoms with Gasteiger partial charge in [-0.05, 0) is 41.0 Å². The lowest BCUT2D eigenvalue weighted by Crippen LogP contribution is -2.01. The number of nitrogens with zero attached hydrogens (tertiary/aromatic N) is 1. The normalized spacial score (nSPS) is 11.0. The number of imidazole rings is 1. The van der Waals surface area contributed by atoms with E-state index in [2.05, 4.69) is 58.6 Å². The van der Waals surface area contributed by atoms with Crippen molar-refractivity contribution < 1.29 is 0 Å². The van der Waals surface area contributed by atoms with Crippen LogP contribution >= 0.6 is 23.2 Å². The number of H-pyrrole nitrogens is 1. The monoisotopic (exact) mass is 381 g/mol. The van der Waals surface area contributed by atoms with E-state index in [1.54, 1.807) is 6.07 Å². The number of anilines is 1. The Bertz CT molecular complexity index is 1090. The zero-order chi connectivity index (χ0) is 18.1. The number of rotatable bonds is 4. The Labute approximate surface area is 162 Å². The molecule has 1 aromatic heterocycles. The Balaban J connectivity index is 1.57. The number of fused-ring (bicyclic) bond motifs is 1. The van der Waals surface area contributed by atoms with Crippen molar-refractivity contribution >= 4 is 39.9 Å². The molecule has 0 atom stereocenters. The number of aryl methyl sites for hydroxylation is 1. The van der Waals surface area contributed by atoms with E-state index in [1.165, 1.54) is 16.3 Å². The van der Waals surface area contributed by atoms with Gasteiger partial charge < -0.3 is 10.3 Å². The molecule has 0 aliphatic heterocycles. The summed E-state index contributed by atoms with van der Waals surface area (Å²) < 4.78 is 0. The summed E-state index contributed by atoms with van der Waals surface area (Å²) in [7, 11) is 0. The Morgan fingerprint density at radius 1 is 1.04 bits per heavy atom. The van der Waals surface area contributed by atoms with Crippen LogP contribution in [0.5, 0.6) is 0 Å². The third kappa shape index (κ3) is 3.28. The largest absolute Gasteiger partial charge is 0.352 e. The van der Waals surface area contributed by atoms with Crippen molar-refractivity contribution in [1.29, 1.82) is 0 Å². The fourth-order valence-corrected chi connectivity index (χ4v) is 3.59. The summed E-state index contributed by atoms with van der Waals surface area (Å²) in [5, 5.41) is 7.04. The van der Waals surface area contributed by atoms with Crippen LogP contribution in [0.15, 0.2) is 60.8 Å². The van der Waals surface area contributed by atoms with Crippen molar-refractivity contribution in [2.24, 2.45) is 0 Å². The number of halogens is 2. The first-order valence-corrected chi connectivity index (χ1v) is 9.09. The molecular formula is C21H17Cl2N3. The molecule has 4 aromatic rings. The zero-order valence-corrected chi connectivity index (χ0v) is 15.7. The molecule has 0 saturated heterocycles. The Kier molecular flexibility index (Phi) is 4.58. The van der Waals surface area contributed by atoms with Gasteiger partial charge in [-0.3, -0.25) is 0 Å². The molecule has 0 aliphatic carbocycles. The summed E-state index contributed by atoms with van der Waals surface area (Å²) >= 11 is 12.2. The van der Waals surface area contributed by atoms with Gasteiger partial charge in [0.1, 0.15) is 0 Å². The van der Waals surface area contributed by atoms with Crippen LogP contribution in [0.1, 0.15) is 11.1 Å². The first-order chi connectivity index (χ1) is 12.6. The van der Waals surface area contributed by atoms with E-state index >= 15 is 0 Å². The Morgan fingerprint density at radius 2 is 1.88 bits per heavy atom. The molecule has 130 valence electrons. The summed E-state index contributed by atoms with van der Waals surface area (Å²) in [6, 6.07) is 18.1. The molecule has 26 heavy (non-hydrogen) atoms. The molecule has 0 amide bonds. The molecule has 5 heteroatoms. The highest BCUT2D eigenvalue weighted by Crippen LogP contribution is 2.29. The molecule has 0 unspecified atom stereocenters. The topological polar surface area (TPSA) is 40.7 Å². The van der Waals surface area contributed by atoms with Gasteiger partial charge in [0, 0.05) is 22.2 Å². The maximum absolute atomic E-state index is 6.22. The lowest BCUT2D eigenvalue weighted by Gasteiger charge is -2.08. The van der Waals surface area contributed by atoms with Gasteiger partial charge in [0.05, 0.1) is 11.9 Å². The lowest BCUT2D eigenvalue weighted by molar-refractivity contribution is 1.09. The molecule has 4 rings (SSSR count). The first kappa shape index (κ1) is 17.0. The van der Waals surface area contributed by atoms with Gasteiger partial charge in [0.15, 0.2) is 0 Å². The molecule has 0 spiro atoms. The predicted octanol–water partition coefficient (Wildman–Crippen LogP) is 6.46. The van der Waals surface area contributed by atoms with Crippen LogP contribution in [0, 0.1) is 6.92 Å². The van der Waals surface area contributed by atoms with Gasteiger partial charge in [0.25, 0.3) is 0 Å². The standard InChI is InChI=1S/C21H17Cl2N3/c1-13-17-5-3-2-4-14(17)7-9-18(13)20-12-25-21(26-20)24-11-15-6-8-16(22)10-19(15)23/h2-10,12H,11H2,1H3,(H2,24,25,26). The number of hydrogen-bond donors (Lipinski definition) is 2. The fourth-order valence-electron chi connectivity index (χ4n) is 3.11. The summed E-state index contributed by atoms with van der Waals surface area (Å²) in [6.45, 7) is 2.71. The van der Waals surface area contributed by atoms with Gasteiger partial charge in [-0.25, -0.2) is 4.98 Å². The molecule has 1 heterocycles. The minimum atomic E-state index is 0.569. The maximum atomic E-state index is 6.22. The van der Waals surface area contributed by atoms with Gasteiger partial charge >= 0.3 is 0 Å². The molecule has 2 N–H and O–H groups in total. The molecule has 3 aromatic carbocycles. The van der Waals surface area contributed by atoms with Crippen LogP contribution < -0.4 is 5.32 Å². The van der Waals surface area contributed by atoms with E-state index in [9.17, 15) is 0 Å². The molecule has 0 fully saturated rings. The van der Waals surface area contributed by atoms with Crippen molar-refractivity contribution in [3.63, 3.8) is 0 Å². The second-order valence-electron chi connectivity index (χ2n) is 6.19. The van der Waals surface area contributed by atoms with Crippen molar-refractivity contribution in [3.05, 3.63) is 82.0 Å². The van der Waals surface area contributed by atoms with Gasteiger partial charge in [-0.2, -0.15) is 0 Å². The van der Waals surface area contributed by atoms with E-state index in [-0.39, 0.29) is 0 Å². The molecule has 0 saturated carbocycles. The minimum absolute atomic E-state index is 0.569. The van der Waals surface area contributed by atoms with Crippen LogP contribution in [0.3, 0.4) is 0 Å². The molecule has 0 aliphatic rings. The number of hydrogen-bond acceptors (Lipinski definition) is 2. The van der Waals surface area contributed by atoms with E-state index < -0.39 is 0 Å². The number of aromatic amines is 1. The minimum Gasteiger partial charge on any atom is -0.352 e. The maximum Gasteiger partial charge on any atom is 0.200 e. The first-order valence-electron chi connectivity index (χ1n) is 8.33. The van der Waals surface area contributed by atoms with Crippen molar-refractivity contribution in [1.82, 2.24) is 9.97 Å². The molecule has 0 radical (unpaired) electrons. The Hall–Kier alpha value is -2.49. The molecule has 0 bridgehead atoms. The zero-order valence-electron chi connectivity index (χ0n) is 14.2. The quantitative estimate of drug-likeness (QED) is 0.425. The number of benzene rings is 3. The third-order valence-corrected chi connectivity index (χ3v) is 5.11. The molecule has 3 nitrogen and oxygen atoms in total. The van der Waals surface area contributed by atoms with Gasteiger partial charge in [0.2, 0.25) is 5.95 Å². The number of aromatic nitrogens is 2. The van der Waals surface area contributed by atoms with Gasteiger partial charge in [-0.15, -0.1) is 0 Å². The highest BCUT2D eigenvalue weighted by molar-refractivity contribution is 6.35. The fraction of sp³-hybridized carbons (Fsp3) is 0.0952. The summed E-state index contributed by atoms with van der Waals surface area (Å²) in [5.41, 5.74) is 4.33. The van der Waals surface area contributed by atoms with Crippen molar-refractivity contribution in [2.45, 2.75) is 13.5 Å². The average Bonchev–Trinajstić information content (AvgIpc) is 3.10. The second-order valence-corrected chi connectivity index (χ2v) is 7.04. The van der Waals surface area contributed by atoms with Crippen LogP contribution in [0.2, 0.25) is 10.0 Å². The number of nitrogens with one attached hydrogen (secondary N) is 2. The predicted molar refractivity (Wildman–Crippen MR) is 110 cm³/mol. The van der Waals surface area contributed by atoms with E-state index in [1.807, 2.05) is 18.3 Å². The highest BCUT2D eigenvalue weighted by Gasteiger charge is 2.09. The van der Waals surface area contributed by atoms with Crippen LogP contribution in [0.4, 0.5) is 5.95 Å².